The van der Waals surface area contributed by atoms with Crippen molar-refractivity contribution >= 4 is 17.1 Å². The molecule has 2 aliphatic rings. The summed E-state index contributed by atoms with van der Waals surface area (Å²) in [5.41, 5.74) is 0.0679. The minimum absolute atomic E-state index is 0.258. The van der Waals surface area contributed by atoms with Crippen LogP contribution in [0.4, 0.5) is 0 Å². The minimum Gasteiger partial charge on any atom is -0.487 e. The largest absolute Gasteiger partial charge is 0.487 e. The summed E-state index contributed by atoms with van der Waals surface area (Å²) >= 11 is 0. The van der Waals surface area contributed by atoms with E-state index in [-0.39, 0.29) is 29.6 Å². The molecule has 2 aliphatic heterocycles. The first-order chi connectivity index (χ1) is 15.8. The van der Waals surface area contributed by atoms with Crippen LogP contribution in [0.5, 0.6) is 5.75 Å². The number of piperidine rings is 1. The molecule has 5 rings (SSSR count). The second-order valence-electron chi connectivity index (χ2n) is 9.21. The fraction of sp³-hybridized carbons (Fsp3) is 0.478. The van der Waals surface area contributed by atoms with Gasteiger partial charge in [0.25, 0.3) is 5.56 Å². The number of nitrogens with one attached hydrogen (secondary N) is 1. The number of rotatable bonds is 3. The highest BCUT2D eigenvalue weighted by Crippen LogP contribution is 2.44. The molecule has 0 radical (unpaired) electrons. The molecule has 1 amide bonds. The van der Waals surface area contributed by atoms with Gasteiger partial charge in [0.2, 0.25) is 5.91 Å². The van der Waals surface area contributed by atoms with E-state index in [1.807, 2.05) is 24.3 Å². The Kier molecular flexibility index (Phi) is 5.12. The number of ether oxygens (including phenoxy) is 1. The summed E-state index contributed by atoms with van der Waals surface area (Å²) in [5.74, 6) is 0.392. The van der Waals surface area contributed by atoms with Crippen molar-refractivity contribution in [2.75, 3.05) is 20.1 Å². The molecule has 1 fully saturated rings. The predicted octanol–water partition coefficient (Wildman–Crippen LogP) is 0.538. The maximum absolute atomic E-state index is 13.1. The van der Waals surface area contributed by atoms with Gasteiger partial charge in [0.05, 0.1) is 12.4 Å². The average Bonchev–Trinajstić information content (AvgIpc) is 3.19. The van der Waals surface area contributed by atoms with Crippen molar-refractivity contribution < 1.29 is 9.53 Å². The lowest BCUT2D eigenvalue weighted by atomic mass is 9.80. The highest BCUT2D eigenvalue weighted by atomic mass is 16.5. The Bertz CT molecular complexity index is 1350. The summed E-state index contributed by atoms with van der Waals surface area (Å²) in [6.45, 7) is 1.50. The van der Waals surface area contributed by atoms with Gasteiger partial charge < -0.3 is 19.5 Å². The van der Waals surface area contributed by atoms with Crippen LogP contribution < -0.4 is 21.3 Å². The van der Waals surface area contributed by atoms with Gasteiger partial charge in [-0.25, -0.2) is 14.3 Å². The number of carbonyl (C=O) groups is 1. The van der Waals surface area contributed by atoms with Gasteiger partial charge >= 0.3 is 5.69 Å². The molecule has 10 nitrogen and oxygen atoms in total. The Balaban J connectivity index is 1.44. The van der Waals surface area contributed by atoms with Gasteiger partial charge in [-0.1, -0.05) is 18.2 Å². The molecule has 0 bridgehead atoms. The molecule has 0 saturated carbocycles. The molecule has 1 aromatic carbocycles. The number of likely N-dealkylation sites (tertiary alicyclic amines) is 1. The molecule has 1 saturated heterocycles. The Labute approximate surface area is 190 Å². The summed E-state index contributed by atoms with van der Waals surface area (Å²) in [7, 11) is 5.33. The molecule has 1 spiro atoms. The van der Waals surface area contributed by atoms with Crippen molar-refractivity contribution in [2.24, 2.45) is 14.1 Å². The van der Waals surface area contributed by atoms with E-state index in [0.29, 0.717) is 12.1 Å². The van der Waals surface area contributed by atoms with Gasteiger partial charge in [0, 0.05) is 39.2 Å². The SMILES string of the molecule is CN1CCC2(CC1)C[C@H](NC(=O)Cn1c(=O)c3c(ncn3C)n(C)c1=O)c1ccccc1O2. The lowest BCUT2D eigenvalue weighted by molar-refractivity contribution is -0.123. The number of para-hydroxylation sites is 1. The molecule has 3 aromatic rings. The number of carbonyl (C=O) groups excluding carboxylic acids is 1. The molecule has 1 atom stereocenters. The molecule has 33 heavy (non-hydrogen) atoms. The van der Waals surface area contributed by atoms with Crippen LogP contribution in [-0.2, 0) is 25.4 Å². The van der Waals surface area contributed by atoms with Crippen LogP contribution >= 0.6 is 0 Å². The van der Waals surface area contributed by atoms with E-state index in [2.05, 4.69) is 22.2 Å². The van der Waals surface area contributed by atoms with Crippen molar-refractivity contribution in [1.29, 1.82) is 0 Å². The number of imidazole rings is 1. The fourth-order valence-electron chi connectivity index (χ4n) is 5.00. The monoisotopic (exact) mass is 452 g/mol. The zero-order valence-electron chi connectivity index (χ0n) is 19.1. The average molecular weight is 453 g/mol. The first kappa shape index (κ1) is 21.4. The summed E-state index contributed by atoms with van der Waals surface area (Å²) < 4.78 is 10.3. The fourth-order valence-corrected chi connectivity index (χ4v) is 5.00. The molecule has 10 heteroatoms. The van der Waals surface area contributed by atoms with E-state index in [1.165, 1.54) is 10.9 Å². The van der Waals surface area contributed by atoms with Crippen LogP contribution in [0.15, 0.2) is 40.2 Å². The number of benzene rings is 1. The van der Waals surface area contributed by atoms with Gasteiger partial charge in [0.1, 0.15) is 17.9 Å². The maximum atomic E-state index is 13.1. The van der Waals surface area contributed by atoms with E-state index >= 15 is 0 Å². The normalized spacial score (nSPS) is 19.9. The van der Waals surface area contributed by atoms with E-state index in [4.69, 9.17) is 4.74 Å². The second-order valence-corrected chi connectivity index (χ2v) is 9.21. The number of nitrogens with zero attached hydrogens (tertiary/aromatic N) is 5. The second kappa shape index (κ2) is 7.87. The number of fused-ring (bicyclic) bond motifs is 2. The Morgan fingerprint density at radius 3 is 2.67 bits per heavy atom. The Hall–Kier alpha value is -3.40. The van der Waals surface area contributed by atoms with Crippen LogP contribution in [0.2, 0.25) is 0 Å². The predicted molar refractivity (Wildman–Crippen MR) is 122 cm³/mol. The van der Waals surface area contributed by atoms with Crippen molar-refractivity contribution in [1.82, 2.24) is 28.9 Å². The molecule has 2 aromatic heterocycles. The van der Waals surface area contributed by atoms with Crippen LogP contribution in [-0.4, -0.2) is 55.2 Å². The van der Waals surface area contributed by atoms with Gasteiger partial charge in [-0.05, 0) is 26.0 Å². The molecular weight excluding hydrogens is 424 g/mol. The molecule has 4 heterocycles. The topological polar surface area (TPSA) is 103 Å². The summed E-state index contributed by atoms with van der Waals surface area (Å²) in [6, 6.07) is 7.48. The van der Waals surface area contributed by atoms with Gasteiger partial charge in [-0.15, -0.1) is 0 Å². The third-order valence-corrected chi connectivity index (χ3v) is 6.93. The lowest BCUT2D eigenvalue weighted by Crippen LogP contribution is -2.52. The highest BCUT2D eigenvalue weighted by molar-refractivity contribution is 5.77. The van der Waals surface area contributed by atoms with Crippen molar-refractivity contribution in [3.8, 4) is 5.75 Å². The van der Waals surface area contributed by atoms with Crippen molar-refractivity contribution in [3.05, 3.63) is 57.0 Å². The third kappa shape index (κ3) is 3.64. The number of hydrogen-bond acceptors (Lipinski definition) is 6. The lowest BCUT2D eigenvalue weighted by Gasteiger charge is -2.46. The summed E-state index contributed by atoms with van der Waals surface area (Å²) in [4.78, 5) is 45.3. The molecular formula is C23H28N6O4. The highest BCUT2D eigenvalue weighted by Gasteiger charge is 2.43. The minimum atomic E-state index is -0.569. The summed E-state index contributed by atoms with van der Waals surface area (Å²) in [5, 5.41) is 3.07. The van der Waals surface area contributed by atoms with Gasteiger partial charge in [0.15, 0.2) is 11.2 Å². The van der Waals surface area contributed by atoms with E-state index in [1.54, 1.807) is 18.7 Å². The van der Waals surface area contributed by atoms with Gasteiger partial charge in [-0.2, -0.15) is 0 Å². The first-order valence-corrected chi connectivity index (χ1v) is 11.1. The number of aryl methyl sites for hydroxylation is 2. The van der Waals surface area contributed by atoms with Crippen molar-refractivity contribution in [3.63, 3.8) is 0 Å². The quantitative estimate of drug-likeness (QED) is 0.622. The first-order valence-electron chi connectivity index (χ1n) is 11.1. The molecule has 174 valence electrons. The zero-order valence-corrected chi connectivity index (χ0v) is 19.1. The molecule has 0 unspecified atom stereocenters. The van der Waals surface area contributed by atoms with Crippen LogP contribution in [0, 0.1) is 0 Å². The molecule has 0 aliphatic carbocycles. The van der Waals surface area contributed by atoms with Crippen LogP contribution in [0.1, 0.15) is 30.9 Å². The number of amides is 1. The maximum Gasteiger partial charge on any atom is 0.332 e. The Morgan fingerprint density at radius 1 is 1.18 bits per heavy atom. The van der Waals surface area contributed by atoms with E-state index < -0.39 is 11.2 Å². The van der Waals surface area contributed by atoms with E-state index in [0.717, 1.165) is 41.8 Å². The number of aromatic nitrogens is 4. The smallest absolute Gasteiger partial charge is 0.332 e. The molecule has 1 N–H and O–H groups in total. The Morgan fingerprint density at radius 2 is 1.91 bits per heavy atom. The summed E-state index contributed by atoms with van der Waals surface area (Å²) in [6.07, 6.45) is 3.88. The van der Waals surface area contributed by atoms with Gasteiger partial charge in [-0.3, -0.25) is 14.2 Å². The van der Waals surface area contributed by atoms with Crippen LogP contribution in [0.3, 0.4) is 0 Å². The third-order valence-electron chi connectivity index (χ3n) is 6.93. The standard InChI is InChI=1S/C23H28N6O4/c1-26-10-8-23(9-11-26)12-16(15-6-4-5-7-17(15)33-23)25-18(30)13-29-21(31)19-20(24-14-27(19)2)28(3)22(29)32/h4-7,14,16H,8-13H2,1-3H3,(H,25,30)/t16-/m0/s1. The number of hydrogen-bond donors (Lipinski definition) is 1. The van der Waals surface area contributed by atoms with E-state index in [9.17, 15) is 14.4 Å². The zero-order chi connectivity index (χ0) is 23.3. The van der Waals surface area contributed by atoms with Crippen LogP contribution in [0.25, 0.3) is 11.2 Å². The van der Waals surface area contributed by atoms with Crippen molar-refractivity contribution in [2.45, 2.75) is 37.5 Å².